The van der Waals surface area contributed by atoms with Gasteiger partial charge in [-0.2, -0.15) is 0 Å². The lowest BCUT2D eigenvalue weighted by Gasteiger charge is -2.30. The number of amides is 2. The number of anilines is 1. The average molecular weight is 402 g/mol. The summed E-state index contributed by atoms with van der Waals surface area (Å²) in [7, 11) is 0. The molecule has 4 rings (SSSR count). The minimum Gasteiger partial charge on any atom is -0.454 e. The lowest BCUT2D eigenvalue weighted by molar-refractivity contribution is 0.173. The van der Waals surface area contributed by atoms with E-state index in [1.807, 2.05) is 92.4 Å². The van der Waals surface area contributed by atoms with E-state index in [4.69, 9.17) is 9.47 Å². The number of benzene rings is 3. The molecule has 1 N–H and O–H groups in total. The number of hydrogen-bond acceptors (Lipinski definition) is 3. The molecule has 3 aromatic carbocycles. The molecule has 1 unspecified atom stereocenters. The Morgan fingerprint density at radius 3 is 2.40 bits per heavy atom. The Balaban J connectivity index is 1.63. The van der Waals surface area contributed by atoms with Crippen LogP contribution in [-0.2, 0) is 6.54 Å². The first-order valence-electron chi connectivity index (χ1n) is 10.1. The molecule has 154 valence electrons. The van der Waals surface area contributed by atoms with Crippen LogP contribution in [0, 0.1) is 13.8 Å². The number of fused-ring (bicyclic) bond motifs is 1. The fraction of sp³-hybridized carbons (Fsp3) is 0.240. The summed E-state index contributed by atoms with van der Waals surface area (Å²) in [6, 6.07) is 21.6. The monoisotopic (exact) mass is 402 g/mol. The van der Waals surface area contributed by atoms with E-state index in [-0.39, 0.29) is 18.9 Å². The van der Waals surface area contributed by atoms with Crippen LogP contribution in [0.4, 0.5) is 10.5 Å². The Morgan fingerprint density at radius 1 is 0.967 bits per heavy atom. The molecule has 0 bridgehead atoms. The van der Waals surface area contributed by atoms with Gasteiger partial charge < -0.3 is 19.7 Å². The van der Waals surface area contributed by atoms with Gasteiger partial charge in [-0.15, -0.1) is 0 Å². The number of aryl methyl sites for hydroxylation is 2. The molecule has 5 heteroatoms. The molecule has 0 aliphatic carbocycles. The molecular weight excluding hydrogens is 376 g/mol. The molecule has 0 radical (unpaired) electrons. The second kappa shape index (κ2) is 8.49. The number of para-hydroxylation sites is 1. The fourth-order valence-electron chi connectivity index (χ4n) is 3.72. The summed E-state index contributed by atoms with van der Waals surface area (Å²) >= 11 is 0. The first kappa shape index (κ1) is 19.8. The Morgan fingerprint density at radius 2 is 1.67 bits per heavy atom. The number of nitrogens with one attached hydrogen (secondary N) is 1. The number of carbonyl (C=O) groups is 1. The Kier molecular flexibility index (Phi) is 5.61. The molecule has 1 heterocycles. The third-order valence-electron chi connectivity index (χ3n) is 5.51. The van der Waals surface area contributed by atoms with Crippen LogP contribution in [0.1, 0.15) is 35.2 Å². The van der Waals surface area contributed by atoms with E-state index in [1.54, 1.807) is 0 Å². The van der Waals surface area contributed by atoms with Gasteiger partial charge in [0.15, 0.2) is 11.5 Å². The quantitative estimate of drug-likeness (QED) is 0.584. The van der Waals surface area contributed by atoms with Gasteiger partial charge in [0, 0.05) is 12.2 Å². The van der Waals surface area contributed by atoms with Crippen LogP contribution in [0.25, 0.3) is 0 Å². The number of urea groups is 1. The van der Waals surface area contributed by atoms with Gasteiger partial charge in [0.05, 0.1) is 6.04 Å². The summed E-state index contributed by atoms with van der Waals surface area (Å²) in [5, 5.41) is 3.13. The van der Waals surface area contributed by atoms with E-state index in [9.17, 15) is 4.79 Å². The van der Waals surface area contributed by atoms with Crippen LogP contribution >= 0.6 is 0 Å². The van der Waals surface area contributed by atoms with Gasteiger partial charge in [-0.3, -0.25) is 0 Å². The van der Waals surface area contributed by atoms with Gasteiger partial charge in [0.25, 0.3) is 0 Å². The van der Waals surface area contributed by atoms with E-state index in [0.29, 0.717) is 6.54 Å². The van der Waals surface area contributed by atoms with Crippen molar-refractivity contribution in [3.05, 3.63) is 89.0 Å². The maximum atomic E-state index is 13.4. The van der Waals surface area contributed by atoms with Crippen LogP contribution in [0.5, 0.6) is 11.5 Å². The molecular formula is C25H26N2O3. The molecule has 0 aromatic heterocycles. The normalized spacial score (nSPS) is 13.0. The highest BCUT2D eigenvalue weighted by molar-refractivity contribution is 5.91. The third kappa shape index (κ3) is 4.10. The number of nitrogens with zero attached hydrogens (tertiary/aromatic N) is 1. The van der Waals surface area contributed by atoms with Gasteiger partial charge >= 0.3 is 6.03 Å². The smallest absolute Gasteiger partial charge is 0.322 e. The van der Waals surface area contributed by atoms with Crippen LogP contribution in [-0.4, -0.2) is 17.7 Å². The summed E-state index contributed by atoms with van der Waals surface area (Å²) in [6.07, 6.45) is 0. The zero-order valence-corrected chi connectivity index (χ0v) is 17.5. The molecule has 1 atom stereocenters. The van der Waals surface area contributed by atoms with Gasteiger partial charge in [-0.05, 0) is 55.2 Å². The third-order valence-corrected chi connectivity index (χ3v) is 5.51. The van der Waals surface area contributed by atoms with Crippen molar-refractivity contribution in [3.63, 3.8) is 0 Å². The van der Waals surface area contributed by atoms with Crippen molar-refractivity contribution in [1.29, 1.82) is 0 Å². The van der Waals surface area contributed by atoms with Crippen LogP contribution in [0.2, 0.25) is 0 Å². The molecule has 1 aliphatic rings. The molecule has 3 aromatic rings. The van der Waals surface area contributed by atoms with Crippen molar-refractivity contribution < 1.29 is 14.3 Å². The fourth-order valence-corrected chi connectivity index (χ4v) is 3.72. The van der Waals surface area contributed by atoms with Gasteiger partial charge in [-0.25, -0.2) is 4.79 Å². The first-order chi connectivity index (χ1) is 14.5. The molecule has 0 saturated heterocycles. The zero-order valence-electron chi connectivity index (χ0n) is 17.5. The van der Waals surface area contributed by atoms with Crippen molar-refractivity contribution in [3.8, 4) is 11.5 Å². The number of ether oxygens (including phenoxy) is 2. The largest absolute Gasteiger partial charge is 0.454 e. The van der Waals surface area contributed by atoms with Gasteiger partial charge in [-0.1, -0.05) is 54.6 Å². The van der Waals surface area contributed by atoms with Crippen molar-refractivity contribution in [2.24, 2.45) is 0 Å². The number of carbonyl (C=O) groups excluding carboxylic acids is 1. The molecule has 2 amide bonds. The highest BCUT2D eigenvalue weighted by Crippen LogP contribution is 2.34. The van der Waals surface area contributed by atoms with E-state index in [0.717, 1.165) is 39.4 Å². The number of hydrogen-bond donors (Lipinski definition) is 1. The SMILES string of the molecule is Cc1cccc(C)c1NC(=O)N(Cc1ccc2c(c1)OCO2)C(C)c1ccccc1. The minimum absolute atomic E-state index is 0.110. The van der Waals surface area contributed by atoms with E-state index in [1.165, 1.54) is 0 Å². The van der Waals surface area contributed by atoms with Crippen molar-refractivity contribution in [2.75, 3.05) is 12.1 Å². The molecule has 5 nitrogen and oxygen atoms in total. The maximum Gasteiger partial charge on any atom is 0.322 e. The van der Waals surface area contributed by atoms with Crippen molar-refractivity contribution in [1.82, 2.24) is 4.90 Å². The summed E-state index contributed by atoms with van der Waals surface area (Å²) < 4.78 is 10.9. The highest BCUT2D eigenvalue weighted by Gasteiger charge is 2.24. The Labute approximate surface area is 177 Å². The summed E-state index contributed by atoms with van der Waals surface area (Å²) in [5.74, 6) is 1.45. The van der Waals surface area contributed by atoms with Crippen LogP contribution < -0.4 is 14.8 Å². The van der Waals surface area contributed by atoms with Crippen molar-refractivity contribution in [2.45, 2.75) is 33.4 Å². The minimum atomic E-state index is -0.138. The standard InChI is InChI=1S/C25H26N2O3/c1-17-8-7-9-18(2)24(17)26-25(28)27(19(3)21-10-5-4-6-11-21)15-20-12-13-22-23(14-20)30-16-29-22/h4-14,19H,15-16H2,1-3H3,(H,26,28). The van der Waals surface area contributed by atoms with Crippen LogP contribution in [0.15, 0.2) is 66.7 Å². The molecule has 30 heavy (non-hydrogen) atoms. The van der Waals surface area contributed by atoms with E-state index in [2.05, 4.69) is 5.32 Å². The number of rotatable bonds is 5. The lowest BCUT2D eigenvalue weighted by Crippen LogP contribution is -2.37. The van der Waals surface area contributed by atoms with Gasteiger partial charge in [0.1, 0.15) is 0 Å². The topological polar surface area (TPSA) is 50.8 Å². The Bertz CT molecular complexity index is 1030. The van der Waals surface area contributed by atoms with E-state index >= 15 is 0 Å². The second-order valence-electron chi connectivity index (χ2n) is 7.60. The summed E-state index contributed by atoms with van der Waals surface area (Å²) in [6.45, 7) is 6.74. The van der Waals surface area contributed by atoms with Gasteiger partial charge in [0.2, 0.25) is 6.79 Å². The molecule has 0 saturated carbocycles. The summed E-state index contributed by atoms with van der Waals surface area (Å²) in [5.41, 5.74) is 5.00. The summed E-state index contributed by atoms with van der Waals surface area (Å²) in [4.78, 5) is 15.3. The molecule has 0 spiro atoms. The molecule has 0 fully saturated rings. The second-order valence-corrected chi connectivity index (χ2v) is 7.60. The van der Waals surface area contributed by atoms with Crippen molar-refractivity contribution >= 4 is 11.7 Å². The van der Waals surface area contributed by atoms with Crippen LogP contribution in [0.3, 0.4) is 0 Å². The zero-order chi connectivity index (χ0) is 21.1. The highest BCUT2D eigenvalue weighted by atomic mass is 16.7. The first-order valence-corrected chi connectivity index (χ1v) is 10.1. The predicted octanol–water partition coefficient (Wildman–Crippen LogP) is 5.83. The lowest BCUT2D eigenvalue weighted by atomic mass is 10.1. The average Bonchev–Trinajstić information content (AvgIpc) is 3.22. The van der Waals surface area contributed by atoms with E-state index < -0.39 is 0 Å². The molecule has 1 aliphatic heterocycles. The maximum absolute atomic E-state index is 13.4. The predicted molar refractivity (Wildman–Crippen MR) is 118 cm³/mol. The Hall–Kier alpha value is -3.47.